The molecule has 1 aliphatic rings. The maximum atomic E-state index is 13.2. The van der Waals surface area contributed by atoms with E-state index in [1.807, 2.05) is 6.07 Å². The van der Waals surface area contributed by atoms with E-state index in [1.54, 1.807) is 52.3 Å². The number of amides is 3. The summed E-state index contributed by atoms with van der Waals surface area (Å²) in [5.41, 5.74) is 1.03. The Morgan fingerprint density at radius 3 is 2.23 bits per heavy atom. The van der Waals surface area contributed by atoms with Gasteiger partial charge in [0.15, 0.2) is 0 Å². The first-order chi connectivity index (χ1) is 15.1. The number of hydrogen-bond acceptors (Lipinski definition) is 5. The van der Waals surface area contributed by atoms with E-state index >= 15 is 0 Å². The largest absolute Gasteiger partial charge is 0.472 e. The Kier molecular flexibility index (Phi) is 5.98. The van der Waals surface area contributed by atoms with Gasteiger partial charge >= 0.3 is 0 Å². The van der Waals surface area contributed by atoms with E-state index in [9.17, 15) is 14.4 Å². The molecule has 3 heterocycles. The number of carbonyl (C=O) groups excluding carboxylic acids is 3. The molecule has 0 radical (unpaired) electrons. The van der Waals surface area contributed by atoms with Gasteiger partial charge in [0.2, 0.25) is 0 Å². The van der Waals surface area contributed by atoms with Crippen molar-refractivity contribution in [3.63, 3.8) is 0 Å². The molecule has 31 heavy (non-hydrogen) atoms. The summed E-state index contributed by atoms with van der Waals surface area (Å²) >= 11 is 0. The average molecular weight is 419 g/mol. The van der Waals surface area contributed by atoms with Crippen molar-refractivity contribution in [2.75, 3.05) is 26.2 Å². The lowest BCUT2D eigenvalue weighted by Gasteiger charge is -2.35. The Balaban J connectivity index is 1.46. The minimum absolute atomic E-state index is 0.110. The van der Waals surface area contributed by atoms with E-state index in [0.29, 0.717) is 43.1 Å². The van der Waals surface area contributed by atoms with E-state index in [2.05, 4.69) is 5.32 Å². The lowest BCUT2D eigenvalue weighted by molar-refractivity contribution is -0.128. The van der Waals surface area contributed by atoms with Gasteiger partial charge in [-0.3, -0.25) is 14.4 Å². The van der Waals surface area contributed by atoms with Gasteiger partial charge in [-0.25, -0.2) is 0 Å². The molecule has 1 aromatic carbocycles. The van der Waals surface area contributed by atoms with Gasteiger partial charge in [0.25, 0.3) is 17.7 Å². The fourth-order valence-electron chi connectivity index (χ4n) is 3.30. The number of carbonyl (C=O) groups is 3. The Morgan fingerprint density at radius 2 is 1.58 bits per heavy atom. The number of rotatable bonds is 5. The molecule has 0 unspecified atom stereocenters. The third-order valence-electron chi connectivity index (χ3n) is 4.97. The van der Waals surface area contributed by atoms with Crippen molar-refractivity contribution in [2.24, 2.45) is 0 Å². The van der Waals surface area contributed by atoms with Crippen LogP contribution in [0.4, 0.5) is 0 Å². The lowest BCUT2D eigenvalue weighted by Crippen LogP contribution is -2.52. The van der Waals surface area contributed by atoms with Crippen LogP contribution in [0.2, 0.25) is 0 Å². The molecule has 0 aliphatic carbocycles. The molecule has 0 spiro atoms. The zero-order valence-electron chi connectivity index (χ0n) is 16.7. The van der Waals surface area contributed by atoms with Crippen LogP contribution in [-0.2, 0) is 4.79 Å². The Morgan fingerprint density at radius 1 is 0.839 bits per heavy atom. The molecule has 1 saturated heterocycles. The maximum Gasteiger partial charge on any atom is 0.270 e. The normalized spacial score (nSPS) is 14.4. The Bertz CT molecular complexity index is 1060. The topological polar surface area (TPSA) is 96.0 Å². The molecule has 0 bridgehead atoms. The number of hydrogen-bond donors (Lipinski definition) is 1. The molecular weight excluding hydrogens is 398 g/mol. The molecule has 3 aromatic rings. The summed E-state index contributed by atoms with van der Waals surface area (Å²) < 4.78 is 10.3. The molecule has 3 amide bonds. The van der Waals surface area contributed by atoms with Crippen LogP contribution in [-0.4, -0.2) is 53.7 Å². The number of furan rings is 2. The molecule has 1 aliphatic heterocycles. The van der Waals surface area contributed by atoms with Crippen LogP contribution in [0.1, 0.15) is 26.5 Å². The number of benzene rings is 1. The summed E-state index contributed by atoms with van der Waals surface area (Å²) in [4.78, 5) is 41.6. The van der Waals surface area contributed by atoms with Gasteiger partial charge in [-0.15, -0.1) is 0 Å². The first-order valence-corrected chi connectivity index (χ1v) is 9.84. The van der Waals surface area contributed by atoms with Crippen LogP contribution in [0.3, 0.4) is 0 Å². The summed E-state index contributed by atoms with van der Waals surface area (Å²) in [6.45, 7) is 1.46. The molecule has 158 valence electrons. The minimum atomic E-state index is -0.388. The number of piperazine rings is 1. The first-order valence-electron chi connectivity index (χ1n) is 9.84. The second-order valence-electron chi connectivity index (χ2n) is 6.99. The standard InChI is InChI=1S/C23H21N3O5/c27-21(17-5-2-1-3-6-17)24-20(15-19-7-4-13-31-19)23(29)26-11-9-25(10-12-26)22(28)18-8-14-30-16-18/h1-8,13-16H,9-12H2,(H,24,27). The average Bonchev–Trinajstić information content (AvgIpc) is 3.53. The van der Waals surface area contributed by atoms with Crippen LogP contribution in [0.15, 0.2) is 81.9 Å². The predicted octanol–water partition coefficient (Wildman–Crippen LogP) is 2.63. The van der Waals surface area contributed by atoms with Crippen LogP contribution in [0.5, 0.6) is 0 Å². The second-order valence-corrected chi connectivity index (χ2v) is 6.99. The molecule has 0 saturated carbocycles. The molecule has 1 fully saturated rings. The SMILES string of the molecule is O=C(NC(=Cc1ccco1)C(=O)N1CCN(C(=O)c2ccoc2)CC1)c1ccccc1. The maximum absolute atomic E-state index is 13.2. The third-order valence-corrected chi connectivity index (χ3v) is 4.97. The smallest absolute Gasteiger partial charge is 0.270 e. The van der Waals surface area contributed by atoms with E-state index in [0.717, 1.165) is 0 Å². The molecule has 4 rings (SSSR count). The van der Waals surface area contributed by atoms with Crippen LogP contribution < -0.4 is 5.32 Å². The highest BCUT2D eigenvalue weighted by Gasteiger charge is 2.28. The Labute approximate surface area is 178 Å². The van der Waals surface area contributed by atoms with E-state index < -0.39 is 0 Å². The molecular formula is C23H21N3O5. The summed E-state index contributed by atoms with van der Waals surface area (Å²) in [5.74, 6) is -0.410. The number of nitrogens with one attached hydrogen (secondary N) is 1. The fraction of sp³-hybridized carbons (Fsp3) is 0.174. The molecule has 8 heteroatoms. The Hall–Kier alpha value is -4.07. The van der Waals surface area contributed by atoms with Crippen LogP contribution >= 0.6 is 0 Å². The fourth-order valence-corrected chi connectivity index (χ4v) is 3.30. The van der Waals surface area contributed by atoms with Gasteiger partial charge < -0.3 is 24.0 Å². The van der Waals surface area contributed by atoms with Crippen molar-refractivity contribution < 1.29 is 23.2 Å². The summed E-state index contributed by atoms with van der Waals surface area (Å²) in [7, 11) is 0. The monoisotopic (exact) mass is 419 g/mol. The zero-order chi connectivity index (χ0) is 21.6. The number of nitrogens with zero attached hydrogens (tertiary/aromatic N) is 2. The van der Waals surface area contributed by atoms with Gasteiger partial charge in [-0.2, -0.15) is 0 Å². The van der Waals surface area contributed by atoms with E-state index in [-0.39, 0.29) is 23.4 Å². The molecule has 0 atom stereocenters. The van der Waals surface area contributed by atoms with E-state index in [4.69, 9.17) is 8.83 Å². The van der Waals surface area contributed by atoms with Crippen molar-refractivity contribution in [3.8, 4) is 0 Å². The summed E-state index contributed by atoms with van der Waals surface area (Å²) in [5, 5.41) is 2.70. The lowest BCUT2D eigenvalue weighted by atomic mass is 10.2. The second kappa shape index (κ2) is 9.17. The predicted molar refractivity (Wildman–Crippen MR) is 112 cm³/mol. The highest BCUT2D eigenvalue weighted by Crippen LogP contribution is 2.14. The molecule has 1 N–H and O–H groups in total. The summed E-state index contributed by atoms with van der Waals surface area (Å²) in [6, 6.07) is 13.7. The van der Waals surface area contributed by atoms with Gasteiger partial charge in [0.1, 0.15) is 17.7 Å². The highest BCUT2D eigenvalue weighted by molar-refractivity contribution is 6.05. The van der Waals surface area contributed by atoms with E-state index in [1.165, 1.54) is 24.9 Å². The summed E-state index contributed by atoms with van der Waals surface area (Å²) in [6.07, 6.45) is 5.86. The van der Waals surface area contributed by atoms with Crippen molar-refractivity contribution in [2.45, 2.75) is 0 Å². The first kappa shape index (κ1) is 20.2. The van der Waals surface area contributed by atoms with Crippen LogP contribution in [0, 0.1) is 0 Å². The van der Waals surface area contributed by atoms with Crippen molar-refractivity contribution in [1.82, 2.24) is 15.1 Å². The zero-order valence-corrected chi connectivity index (χ0v) is 16.7. The van der Waals surface area contributed by atoms with Gasteiger partial charge in [-0.05, 0) is 30.3 Å². The molecule has 2 aromatic heterocycles. The van der Waals surface area contributed by atoms with Crippen LogP contribution in [0.25, 0.3) is 6.08 Å². The van der Waals surface area contributed by atoms with Crippen molar-refractivity contribution in [1.29, 1.82) is 0 Å². The quantitative estimate of drug-likeness (QED) is 0.642. The van der Waals surface area contributed by atoms with Crippen molar-refractivity contribution in [3.05, 3.63) is 89.9 Å². The molecule has 8 nitrogen and oxygen atoms in total. The van der Waals surface area contributed by atoms with Gasteiger partial charge in [0, 0.05) is 37.8 Å². The van der Waals surface area contributed by atoms with Gasteiger partial charge in [-0.1, -0.05) is 18.2 Å². The van der Waals surface area contributed by atoms with Gasteiger partial charge in [0.05, 0.1) is 18.1 Å². The minimum Gasteiger partial charge on any atom is -0.472 e. The highest BCUT2D eigenvalue weighted by atomic mass is 16.3. The van der Waals surface area contributed by atoms with Crippen molar-refractivity contribution >= 4 is 23.8 Å². The third kappa shape index (κ3) is 4.75.